The monoisotopic (exact) mass is 348 g/mol. The first kappa shape index (κ1) is 16.4. The van der Waals surface area contributed by atoms with Gasteiger partial charge in [-0.1, -0.05) is 0 Å². The van der Waals surface area contributed by atoms with E-state index >= 15 is 0 Å². The quantitative estimate of drug-likeness (QED) is 0.634. The van der Waals surface area contributed by atoms with Gasteiger partial charge in [0.15, 0.2) is 11.5 Å². The van der Waals surface area contributed by atoms with Crippen molar-refractivity contribution in [2.45, 2.75) is 6.54 Å². The largest absolute Gasteiger partial charge is 0.493 e. The molecule has 126 valence electrons. The van der Waals surface area contributed by atoms with E-state index in [0.29, 0.717) is 42.5 Å². The third-order valence-electron chi connectivity index (χ3n) is 3.34. The summed E-state index contributed by atoms with van der Waals surface area (Å²) < 4.78 is 16.3. The van der Waals surface area contributed by atoms with Crippen molar-refractivity contribution >= 4 is 28.3 Å². The van der Waals surface area contributed by atoms with Gasteiger partial charge in [-0.25, -0.2) is 9.97 Å². The van der Waals surface area contributed by atoms with E-state index in [1.165, 1.54) is 0 Å². The third-order valence-corrected chi connectivity index (χ3v) is 3.51. The molecule has 0 unspecified atom stereocenters. The van der Waals surface area contributed by atoms with Gasteiger partial charge in [-0.3, -0.25) is 0 Å². The van der Waals surface area contributed by atoms with Crippen LogP contribution >= 0.6 is 11.6 Å². The molecule has 0 radical (unpaired) electrons. The molecule has 0 saturated carbocycles. The Morgan fingerprint density at radius 3 is 2.88 bits per heavy atom. The number of nitrogens with two attached hydrogens (primary N) is 1. The highest BCUT2D eigenvalue weighted by atomic mass is 35.5. The lowest BCUT2D eigenvalue weighted by atomic mass is 10.2. The summed E-state index contributed by atoms with van der Waals surface area (Å²) in [5.41, 5.74) is 6.13. The van der Waals surface area contributed by atoms with E-state index in [0.717, 1.165) is 11.1 Å². The predicted molar refractivity (Wildman–Crippen MR) is 91.7 cm³/mol. The molecule has 7 nitrogen and oxygen atoms in total. The topological polar surface area (TPSA) is 95.4 Å². The number of rotatable bonds is 7. The molecular weight excluding hydrogens is 332 g/mol. The highest BCUT2D eigenvalue weighted by Gasteiger charge is 2.13. The Labute approximate surface area is 143 Å². The molecule has 3 N–H and O–H groups in total. The molecule has 1 aromatic carbocycles. The number of benzene rings is 1. The van der Waals surface area contributed by atoms with Gasteiger partial charge in [-0.15, -0.1) is 0 Å². The normalized spacial score (nSPS) is 10.8. The summed E-state index contributed by atoms with van der Waals surface area (Å²) in [4.78, 5) is 8.50. The van der Waals surface area contributed by atoms with Gasteiger partial charge < -0.3 is 24.9 Å². The summed E-state index contributed by atoms with van der Waals surface area (Å²) in [5, 5.41) is 4.10. The average Bonchev–Trinajstić information content (AvgIpc) is 3.10. The zero-order valence-electron chi connectivity index (χ0n) is 13.1. The summed E-state index contributed by atoms with van der Waals surface area (Å²) >= 11 is 6.04. The Kier molecular flexibility index (Phi) is 5.02. The van der Waals surface area contributed by atoms with Gasteiger partial charge in [0.1, 0.15) is 18.2 Å². The molecule has 0 bridgehead atoms. The lowest BCUT2D eigenvalue weighted by Crippen LogP contribution is -2.11. The third kappa shape index (κ3) is 3.52. The first-order chi connectivity index (χ1) is 11.7. The minimum absolute atomic E-state index is 0.138. The standard InChI is InChI=1S/C16H17ClN4O3/c1-22-13-7-11-12(8-14(13)24-6-4-18)20-16(17)21-15(11)19-9-10-3-2-5-23-10/h2-3,5,7-8H,4,6,9,18H2,1H3,(H,19,20,21). The second-order valence-electron chi connectivity index (χ2n) is 4.93. The molecule has 0 atom stereocenters. The lowest BCUT2D eigenvalue weighted by Gasteiger charge is -2.13. The first-order valence-corrected chi connectivity index (χ1v) is 7.73. The van der Waals surface area contributed by atoms with Crippen LogP contribution in [0.25, 0.3) is 10.9 Å². The maximum absolute atomic E-state index is 6.04. The van der Waals surface area contributed by atoms with E-state index in [-0.39, 0.29) is 5.28 Å². The number of anilines is 1. The smallest absolute Gasteiger partial charge is 0.224 e. The van der Waals surface area contributed by atoms with Gasteiger partial charge in [0.25, 0.3) is 0 Å². The molecule has 3 aromatic rings. The number of methoxy groups -OCH3 is 1. The molecule has 8 heteroatoms. The van der Waals surface area contributed by atoms with Gasteiger partial charge in [0.2, 0.25) is 5.28 Å². The molecule has 0 aliphatic heterocycles. The van der Waals surface area contributed by atoms with E-state index in [1.54, 1.807) is 19.4 Å². The van der Waals surface area contributed by atoms with Crippen LogP contribution in [-0.4, -0.2) is 30.2 Å². The van der Waals surface area contributed by atoms with E-state index < -0.39 is 0 Å². The van der Waals surface area contributed by atoms with Crippen LogP contribution in [0.2, 0.25) is 5.28 Å². The molecule has 0 amide bonds. The van der Waals surface area contributed by atoms with E-state index in [9.17, 15) is 0 Å². The van der Waals surface area contributed by atoms with Gasteiger partial charge in [-0.2, -0.15) is 0 Å². The molecule has 0 aliphatic rings. The number of aromatic nitrogens is 2. The number of furan rings is 1. The molecule has 24 heavy (non-hydrogen) atoms. The lowest BCUT2D eigenvalue weighted by molar-refractivity contribution is 0.303. The molecular formula is C16H17ClN4O3. The van der Waals surface area contributed by atoms with Crippen molar-refractivity contribution in [1.29, 1.82) is 0 Å². The predicted octanol–water partition coefficient (Wildman–Crippen LogP) is 2.83. The van der Waals surface area contributed by atoms with E-state index in [2.05, 4.69) is 15.3 Å². The van der Waals surface area contributed by atoms with Crippen molar-refractivity contribution in [3.05, 3.63) is 41.6 Å². The van der Waals surface area contributed by atoms with Crippen molar-refractivity contribution in [2.75, 3.05) is 25.6 Å². The van der Waals surface area contributed by atoms with Crippen LogP contribution in [0.1, 0.15) is 5.76 Å². The Bertz CT molecular complexity index is 824. The number of fused-ring (bicyclic) bond motifs is 1. The minimum atomic E-state index is 0.138. The fraction of sp³-hybridized carbons (Fsp3) is 0.250. The zero-order chi connectivity index (χ0) is 16.9. The van der Waals surface area contributed by atoms with Crippen LogP contribution in [0.15, 0.2) is 34.9 Å². The maximum Gasteiger partial charge on any atom is 0.224 e. The molecule has 0 saturated heterocycles. The van der Waals surface area contributed by atoms with Crippen LogP contribution < -0.4 is 20.5 Å². The SMILES string of the molecule is COc1cc2c(NCc3ccco3)nc(Cl)nc2cc1OCCN. The molecule has 0 aliphatic carbocycles. The number of hydrogen-bond donors (Lipinski definition) is 2. The number of nitrogens with one attached hydrogen (secondary N) is 1. The second kappa shape index (κ2) is 7.37. The van der Waals surface area contributed by atoms with Crippen LogP contribution in [0, 0.1) is 0 Å². The van der Waals surface area contributed by atoms with Crippen molar-refractivity contribution in [3.63, 3.8) is 0 Å². The average molecular weight is 349 g/mol. The number of hydrogen-bond acceptors (Lipinski definition) is 7. The van der Waals surface area contributed by atoms with Gasteiger partial charge in [-0.05, 0) is 29.8 Å². The first-order valence-electron chi connectivity index (χ1n) is 7.35. The highest BCUT2D eigenvalue weighted by molar-refractivity contribution is 6.28. The van der Waals surface area contributed by atoms with Gasteiger partial charge in [0, 0.05) is 18.0 Å². The second-order valence-corrected chi connectivity index (χ2v) is 5.27. The maximum atomic E-state index is 6.04. The Morgan fingerprint density at radius 1 is 1.29 bits per heavy atom. The summed E-state index contributed by atoms with van der Waals surface area (Å²) in [5.74, 6) is 2.50. The van der Waals surface area contributed by atoms with Gasteiger partial charge in [0.05, 0.1) is 25.4 Å². The number of halogens is 1. The van der Waals surface area contributed by atoms with Crippen LogP contribution in [0.3, 0.4) is 0 Å². The Morgan fingerprint density at radius 2 is 2.17 bits per heavy atom. The van der Waals surface area contributed by atoms with Crippen LogP contribution in [0.5, 0.6) is 11.5 Å². The van der Waals surface area contributed by atoms with Crippen LogP contribution in [-0.2, 0) is 6.54 Å². The summed E-state index contributed by atoms with van der Waals surface area (Å²) in [6, 6.07) is 7.26. The summed E-state index contributed by atoms with van der Waals surface area (Å²) in [6.07, 6.45) is 1.62. The molecule has 0 spiro atoms. The van der Waals surface area contributed by atoms with Crippen molar-refractivity contribution in [2.24, 2.45) is 5.73 Å². The van der Waals surface area contributed by atoms with E-state index in [1.807, 2.05) is 18.2 Å². The Hall–Kier alpha value is -2.51. The van der Waals surface area contributed by atoms with Gasteiger partial charge >= 0.3 is 0 Å². The van der Waals surface area contributed by atoms with Crippen molar-refractivity contribution < 1.29 is 13.9 Å². The fourth-order valence-electron chi connectivity index (χ4n) is 2.27. The van der Waals surface area contributed by atoms with Crippen molar-refractivity contribution in [1.82, 2.24) is 9.97 Å². The minimum Gasteiger partial charge on any atom is -0.493 e. The molecule has 3 rings (SSSR count). The molecule has 2 heterocycles. The van der Waals surface area contributed by atoms with Crippen LogP contribution in [0.4, 0.5) is 5.82 Å². The summed E-state index contributed by atoms with van der Waals surface area (Å²) in [7, 11) is 1.57. The highest BCUT2D eigenvalue weighted by Crippen LogP contribution is 2.34. The summed E-state index contributed by atoms with van der Waals surface area (Å²) in [6.45, 7) is 1.26. The zero-order valence-corrected chi connectivity index (χ0v) is 13.8. The number of nitrogens with zero attached hydrogens (tertiary/aromatic N) is 2. The van der Waals surface area contributed by atoms with E-state index in [4.69, 9.17) is 31.2 Å². The molecule has 2 aromatic heterocycles. The molecule has 0 fully saturated rings. The fourth-order valence-corrected chi connectivity index (χ4v) is 2.44. The van der Waals surface area contributed by atoms with Crippen molar-refractivity contribution in [3.8, 4) is 11.5 Å². The Balaban J connectivity index is 1.98. The number of ether oxygens (including phenoxy) is 2.